The van der Waals surface area contributed by atoms with Crippen molar-refractivity contribution in [1.29, 1.82) is 0 Å². The number of benzene rings is 4. The monoisotopic (exact) mass is 560 g/mol. The first kappa shape index (κ1) is 29.4. The summed E-state index contributed by atoms with van der Waals surface area (Å²) in [5.41, 5.74) is 2.79. The van der Waals surface area contributed by atoms with Gasteiger partial charge in [0.1, 0.15) is 0 Å². The number of aryl methyl sites for hydroxylation is 2. The maximum absolute atomic E-state index is 2.93. The molecule has 0 nitrogen and oxygen atoms in total. The van der Waals surface area contributed by atoms with E-state index in [0.29, 0.717) is 0 Å². The summed E-state index contributed by atoms with van der Waals surface area (Å²) in [6, 6.07) is 51.0. The van der Waals surface area contributed by atoms with Crippen LogP contribution in [0.5, 0.6) is 0 Å². The third-order valence-corrected chi connectivity index (χ3v) is 4.86. The predicted octanol–water partition coefficient (Wildman–Crippen LogP) is 9.49. The van der Waals surface area contributed by atoms with Crippen molar-refractivity contribution < 1.29 is 23.3 Å². The van der Waals surface area contributed by atoms with Crippen molar-refractivity contribution in [3.8, 4) is 0 Å². The average molecular weight is 562 g/mol. The molecule has 6 aromatic rings. The molecule has 0 bridgehead atoms. The van der Waals surface area contributed by atoms with E-state index in [1.165, 1.54) is 32.7 Å². The molecule has 0 heterocycles. The molecule has 6 aromatic carbocycles. The van der Waals surface area contributed by atoms with Crippen LogP contribution in [0.2, 0.25) is 13.1 Å². The number of hydrogen-bond acceptors (Lipinski definition) is 0. The summed E-state index contributed by atoms with van der Waals surface area (Å²) >= 11 is 1.74. The maximum Gasteiger partial charge on any atom is -0.0626 e. The van der Waals surface area contributed by atoms with Crippen molar-refractivity contribution in [3.05, 3.63) is 157 Å². The van der Waals surface area contributed by atoms with Crippen molar-refractivity contribution in [2.75, 3.05) is 0 Å². The van der Waals surface area contributed by atoms with E-state index < -0.39 is 0 Å². The van der Waals surface area contributed by atoms with Crippen LogP contribution in [0, 0.1) is 26.0 Å². The standard InChI is InChI=1S/2C9H7.2C7H7.C2H6Si.Zr/c2*1-2-5-9-7-3-6-8(9)4-1;2*1-7-5-3-2-4-6-7;1-3-2;/h2*1-7H;2*3-6H,1H3;1-2H3;/q4*-1;;. The first-order valence-corrected chi connectivity index (χ1v) is 18.2. The second kappa shape index (κ2) is 17.6. The molecule has 182 valence electrons. The summed E-state index contributed by atoms with van der Waals surface area (Å²) in [5.74, 6) is 0. The summed E-state index contributed by atoms with van der Waals surface area (Å²) in [4.78, 5) is 0. The fourth-order valence-corrected chi connectivity index (χ4v) is 3.08. The van der Waals surface area contributed by atoms with Gasteiger partial charge in [-0.25, -0.2) is 0 Å². The summed E-state index contributed by atoms with van der Waals surface area (Å²) in [6.07, 6.45) is 0. The average Bonchev–Trinajstić information content (AvgIpc) is 3.56. The third-order valence-electron chi connectivity index (χ3n) is 4.86. The van der Waals surface area contributed by atoms with Crippen molar-refractivity contribution in [3.63, 3.8) is 0 Å². The van der Waals surface area contributed by atoms with Gasteiger partial charge in [-0.1, -0.05) is 26.0 Å². The van der Waals surface area contributed by atoms with Gasteiger partial charge in [0.05, 0.1) is 0 Å². The van der Waals surface area contributed by atoms with Crippen LogP contribution in [0.25, 0.3) is 21.5 Å². The molecule has 0 aromatic heterocycles. The van der Waals surface area contributed by atoms with Crippen molar-refractivity contribution in [2.24, 2.45) is 0 Å². The summed E-state index contributed by atoms with van der Waals surface area (Å²) in [7, 11) is 0. The zero-order chi connectivity index (χ0) is 26.0. The van der Waals surface area contributed by atoms with Gasteiger partial charge < -0.3 is 0 Å². The van der Waals surface area contributed by atoms with Gasteiger partial charge in [0.25, 0.3) is 0 Å². The van der Waals surface area contributed by atoms with Gasteiger partial charge in [0.15, 0.2) is 0 Å². The van der Waals surface area contributed by atoms with Gasteiger partial charge in [-0.3, -0.25) is 0 Å². The molecule has 0 aliphatic carbocycles. The molecule has 0 unspecified atom stereocenters. The van der Waals surface area contributed by atoms with E-state index in [0.717, 1.165) is 0 Å². The minimum Gasteiger partial charge on any atom is -0.184 e. The van der Waals surface area contributed by atoms with Crippen LogP contribution in [0.15, 0.2) is 133 Å². The predicted molar refractivity (Wildman–Crippen MR) is 157 cm³/mol. The quantitative estimate of drug-likeness (QED) is 0.128. The van der Waals surface area contributed by atoms with E-state index in [9.17, 15) is 0 Å². The van der Waals surface area contributed by atoms with Crippen LogP contribution in [0.4, 0.5) is 0 Å². The molecule has 0 aliphatic rings. The Kier molecular flexibility index (Phi) is 14.4. The van der Waals surface area contributed by atoms with Crippen LogP contribution in [0.1, 0.15) is 11.1 Å². The van der Waals surface area contributed by atoms with Crippen LogP contribution in [-0.2, 0) is 23.3 Å². The summed E-state index contributed by atoms with van der Waals surface area (Å²) < 4.78 is 0. The van der Waals surface area contributed by atoms with Gasteiger partial charge in [-0.05, 0) is 0 Å². The van der Waals surface area contributed by atoms with Crippen molar-refractivity contribution >= 4 is 27.0 Å². The van der Waals surface area contributed by atoms with E-state index in [4.69, 9.17) is 0 Å². The zero-order valence-corrected chi connectivity index (χ0v) is 25.2. The van der Waals surface area contributed by atoms with Crippen LogP contribution >= 0.6 is 0 Å². The molecule has 0 radical (unpaired) electrons. The third kappa shape index (κ3) is 12.8. The fraction of sp³-hybridized carbons (Fsp3) is 0.118. The largest absolute Gasteiger partial charge is 0.184 e. The smallest absolute Gasteiger partial charge is 0.0626 e. The Morgan fingerprint density at radius 3 is 1.17 bits per heavy atom. The Hall–Kier alpha value is -2.80. The van der Waals surface area contributed by atoms with Gasteiger partial charge in [-0.15, -0.1) is 59.3 Å². The molecule has 36 heavy (non-hydrogen) atoms. The van der Waals surface area contributed by atoms with E-state index >= 15 is 0 Å². The number of rotatable bonds is 0. The van der Waals surface area contributed by atoms with Crippen molar-refractivity contribution in [2.45, 2.75) is 26.9 Å². The van der Waals surface area contributed by atoms with E-state index in [2.05, 4.69) is 124 Å². The topological polar surface area (TPSA) is 0 Å². The molecule has 0 saturated heterocycles. The van der Waals surface area contributed by atoms with Gasteiger partial charge >= 0.3 is 41.9 Å². The van der Waals surface area contributed by atoms with Gasteiger partial charge in [0, 0.05) is 0 Å². The first-order chi connectivity index (χ1) is 17.5. The minimum atomic E-state index is 0.210. The minimum absolute atomic E-state index is 0.210. The molecular weight excluding hydrogens is 528 g/mol. The number of hydrogen-bond donors (Lipinski definition) is 0. The molecular formula is C34H34SiZr-4. The molecule has 0 N–H and O–H groups in total. The number of fused-ring (bicyclic) bond motifs is 2. The van der Waals surface area contributed by atoms with Crippen LogP contribution in [-0.4, -0.2) is 5.43 Å². The van der Waals surface area contributed by atoms with Crippen LogP contribution < -0.4 is 0 Å². The first-order valence-electron chi connectivity index (χ1n) is 12.0. The van der Waals surface area contributed by atoms with Gasteiger partial charge in [-0.2, -0.15) is 107 Å². The SMILES string of the molecule is C[Si](C)=[Zr].Cc1cc[c-]cc1.Cc1cc[c-]cc1.c1ccc2[cH-]ccc2c1.c1ccc2[cH-]ccc2c1. The Morgan fingerprint density at radius 1 is 0.556 bits per heavy atom. The molecule has 2 heteroatoms. The second-order valence-corrected chi connectivity index (χ2v) is 17.8. The molecule has 0 spiro atoms. The Bertz CT molecular complexity index is 1210. The zero-order valence-electron chi connectivity index (χ0n) is 21.7. The van der Waals surface area contributed by atoms with Crippen molar-refractivity contribution in [1.82, 2.24) is 0 Å². The van der Waals surface area contributed by atoms with Gasteiger partial charge in [0.2, 0.25) is 0 Å². The molecule has 0 saturated carbocycles. The fourth-order valence-electron chi connectivity index (χ4n) is 3.08. The Balaban J connectivity index is 0.000000162. The Labute approximate surface area is 232 Å². The maximum atomic E-state index is 2.93. The Morgan fingerprint density at radius 2 is 0.889 bits per heavy atom. The molecule has 0 fully saturated rings. The van der Waals surface area contributed by atoms with E-state index in [1.807, 2.05) is 48.5 Å². The van der Waals surface area contributed by atoms with E-state index in [1.54, 1.807) is 23.3 Å². The molecule has 0 atom stereocenters. The normalized spacial score (nSPS) is 9.19. The molecule has 0 amide bonds. The molecule has 6 rings (SSSR count). The van der Waals surface area contributed by atoms with E-state index in [-0.39, 0.29) is 5.43 Å². The summed E-state index contributed by atoms with van der Waals surface area (Å²) in [6.45, 7) is 8.74. The summed E-state index contributed by atoms with van der Waals surface area (Å²) in [5, 5.41) is 5.32. The van der Waals surface area contributed by atoms with Crippen LogP contribution in [0.3, 0.4) is 0 Å². The second-order valence-electron chi connectivity index (χ2n) is 8.46. The molecule has 0 aliphatic heterocycles.